The quantitative estimate of drug-likeness (QED) is 0.381. The molecule has 0 spiro atoms. The molecule has 33 heavy (non-hydrogen) atoms. The number of rotatable bonds is 5. The Hall–Kier alpha value is -4.65. The molecule has 3 aromatic carbocycles. The van der Waals surface area contributed by atoms with Crippen molar-refractivity contribution in [3.8, 4) is 11.5 Å². The molecule has 7 heteroatoms. The minimum atomic E-state index is 0.604. The SMILES string of the molecule is c1ccc(CN2N=C(Nc3ccc(Oc4ccccc4)cc3)c3c[nH]c4ncnc2c34)cc1. The van der Waals surface area contributed by atoms with E-state index in [2.05, 4.69) is 32.4 Å². The Kier molecular flexibility index (Phi) is 4.69. The van der Waals surface area contributed by atoms with E-state index in [1.165, 1.54) is 0 Å². The molecule has 0 saturated heterocycles. The van der Waals surface area contributed by atoms with Crippen molar-refractivity contribution in [3.63, 3.8) is 0 Å². The van der Waals surface area contributed by atoms with Crippen LogP contribution in [0.2, 0.25) is 0 Å². The average Bonchev–Trinajstić information content (AvgIpc) is 3.30. The van der Waals surface area contributed by atoms with E-state index in [4.69, 9.17) is 9.84 Å². The first-order valence-electron chi connectivity index (χ1n) is 10.7. The highest BCUT2D eigenvalue weighted by Crippen LogP contribution is 2.33. The molecule has 160 valence electrons. The van der Waals surface area contributed by atoms with Gasteiger partial charge in [-0.2, -0.15) is 5.10 Å². The Balaban J connectivity index is 1.30. The van der Waals surface area contributed by atoms with Crippen LogP contribution >= 0.6 is 0 Å². The first-order chi connectivity index (χ1) is 16.3. The predicted octanol–water partition coefficient (Wildman–Crippen LogP) is 5.54. The molecule has 2 N–H and O–H groups in total. The number of anilines is 2. The number of nitrogens with zero attached hydrogens (tertiary/aromatic N) is 4. The highest BCUT2D eigenvalue weighted by Gasteiger charge is 2.25. The molecule has 0 aliphatic carbocycles. The van der Waals surface area contributed by atoms with E-state index in [0.29, 0.717) is 6.54 Å². The number of aromatic nitrogens is 3. The van der Waals surface area contributed by atoms with Crippen LogP contribution in [-0.2, 0) is 6.54 Å². The summed E-state index contributed by atoms with van der Waals surface area (Å²) in [5.41, 5.74) is 3.78. The molecule has 0 bridgehead atoms. The van der Waals surface area contributed by atoms with Crippen molar-refractivity contribution < 1.29 is 4.74 Å². The minimum absolute atomic E-state index is 0.604. The Morgan fingerprint density at radius 2 is 1.55 bits per heavy atom. The number of hydrogen-bond acceptors (Lipinski definition) is 6. The van der Waals surface area contributed by atoms with Gasteiger partial charge < -0.3 is 15.0 Å². The maximum Gasteiger partial charge on any atom is 0.162 e. The van der Waals surface area contributed by atoms with Crippen molar-refractivity contribution >= 4 is 28.4 Å². The topological polar surface area (TPSA) is 78.4 Å². The minimum Gasteiger partial charge on any atom is -0.457 e. The van der Waals surface area contributed by atoms with Gasteiger partial charge in [-0.1, -0.05) is 48.5 Å². The van der Waals surface area contributed by atoms with Crippen molar-refractivity contribution in [3.05, 3.63) is 109 Å². The summed E-state index contributed by atoms with van der Waals surface area (Å²) < 4.78 is 5.90. The summed E-state index contributed by atoms with van der Waals surface area (Å²) in [7, 11) is 0. The lowest BCUT2D eigenvalue weighted by molar-refractivity contribution is 0.483. The molecule has 6 rings (SSSR count). The molecule has 2 aromatic heterocycles. The van der Waals surface area contributed by atoms with Crippen LogP contribution in [0.3, 0.4) is 0 Å². The van der Waals surface area contributed by atoms with E-state index in [1.54, 1.807) is 6.33 Å². The second kappa shape index (κ2) is 8.12. The Morgan fingerprint density at radius 3 is 2.33 bits per heavy atom. The van der Waals surface area contributed by atoms with E-state index < -0.39 is 0 Å². The van der Waals surface area contributed by atoms with Gasteiger partial charge >= 0.3 is 0 Å². The van der Waals surface area contributed by atoms with Crippen LogP contribution in [0.1, 0.15) is 11.1 Å². The molecule has 5 aromatic rings. The number of benzene rings is 3. The zero-order chi connectivity index (χ0) is 22.0. The van der Waals surface area contributed by atoms with Gasteiger partial charge in [-0.05, 0) is 42.0 Å². The number of ether oxygens (including phenoxy) is 1. The van der Waals surface area contributed by atoms with Crippen LogP contribution in [0.4, 0.5) is 11.5 Å². The molecule has 0 radical (unpaired) electrons. The van der Waals surface area contributed by atoms with Gasteiger partial charge in [0, 0.05) is 17.4 Å². The van der Waals surface area contributed by atoms with Gasteiger partial charge in [-0.25, -0.2) is 15.0 Å². The molecular formula is C26H20N6O. The maximum absolute atomic E-state index is 5.90. The zero-order valence-corrected chi connectivity index (χ0v) is 17.6. The third-order valence-electron chi connectivity index (χ3n) is 5.44. The number of aromatic amines is 1. The van der Waals surface area contributed by atoms with E-state index in [1.807, 2.05) is 84.0 Å². The molecule has 1 aliphatic rings. The fourth-order valence-electron chi connectivity index (χ4n) is 3.88. The van der Waals surface area contributed by atoms with Crippen molar-refractivity contribution in [2.24, 2.45) is 5.10 Å². The lowest BCUT2D eigenvalue weighted by atomic mass is 10.1. The Morgan fingerprint density at radius 1 is 0.818 bits per heavy atom. The van der Waals surface area contributed by atoms with Crippen molar-refractivity contribution in [1.29, 1.82) is 0 Å². The summed E-state index contributed by atoms with van der Waals surface area (Å²) in [6, 6.07) is 27.8. The van der Waals surface area contributed by atoms with Crippen LogP contribution in [0.15, 0.2) is 103 Å². The normalized spacial score (nSPS) is 12.5. The Bertz CT molecular complexity index is 1430. The number of nitrogens with one attached hydrogen (secondary N) is 2. The summed E-state index contributed by atoms with van der Waals surface area (Å²) in [6.07, 6.45) is 3.48. The summed E-state index contributed by atoms with van der Waals surface area (Å²) in [4.78, 5) is 12.1. The largest absolute Gasteiger partial charge is 0.457 e. The second-order valence-electron chi connectivity index (χ2n) is 7.68. The fourth-order valence-corrected chi connectivity index (χ4v) is 3.88. The van der Waals surface area contributed by atoms with Crippen LogP contribution in [0.5, 0.6) is 11.5 Å². The average molecular weight is 432 g/mol. The third kappa shape index (κ3) is 3.76. The number of H-pyrrole nitrogens is 1. The second-order valence-corrected chi connectivity index (χ2v) is 7.68. The maximum atomic E-state index is 5.90. The van der Waals surface area contributed by atoms with E-state index in [9.17, 15) is 0 Å². The molecule has 3 heterocycles. The first kappa shape index (κ1) is 19.1. The summed E-state index contributed by atoms with van der Waals surface area (Å²) in [6.45, 7) is 0.604. The van der Waals surface area contributed by atoms with Gasteiger partial charge in [-0.3, -0.25) is 0 Å². The highest BCUT2D eigenvalue weighted by atomic mass is 16.5. The van der Waals surface area contributed by atoms with Gasteiger partial charge in [0.2, 0.25) is 0 Å². The van der Waals surface area contributed by atoms with Crippen molar-refractivity contribution in [1.82, 2.24) is 15.0 Å². The van der Waals surface area contributed by atoms with E-state index in [-0.39, 0.29) is 0 Å². The molecule has 0 amide bonds. The van der Waals surface area contributed by atoms with Gasteiger partial charge in [0.05, 0.1) is 11.9 Å². The number of hydrazone groups is 1. The van der Waals surface area contributed by atoms with Crippen LogP contribution < -0.4 is 15.1 Å². The molecule has 7 nitrogen and oxygen atoms in total. The Labute approximate surface area is 190 Å². The van der Waals surface area contributed by atoms with Crippen molar-refractivity contribution in [2.45, 2.75) is 6.54 Å². The highest BCUT2D eigenvalue weighted by molar-refractivity contribution is 6.19. The number of hydrogen-bond donors (Lipinski definition) is 2. The standard InChI is InChI=1S/C26H20N6O/c1-3-7-18(8-4-1)16-32-26-23-22(15-27-25(23)28-17-29-26)24(31-32)30-19-11-13-21(14-12-19)33-20-9-5-2-6-10-20/h1-15,17H,16H2,(H,30,31)(H,27,28,29). The summed E-state index contributed by atoms with van der Waals surface area (Å²) in [5, 5.41) is 11.2. The summed E-state index contributed by atoms with van der Waals surface area (Å²) in [5.74, 6) is 3.09. The molecule has 0 atom stereocenters. The van der Waals surface area contributed by atoms with E-state index >= 15 is 0 Å². The van der Waals surface area contributed by atoms with Gasteiger partial charge in [0.25, 0.3) is 0 Å². The third-order valence-corrected chi connectivity index (χ3v) is 5.44. The van der Waals surface area contributed by atoms with Gasteiger partial charge in [0.15, 0.2) is 11.7 Å². The first-order valence-corrected chi connectivity index (χ1v) is 10.7. The molecule has 1 aliphatic heterocycles. The lowest BCUT2D eigenvalue weighted by Crippen LogP contribution is -2.27. The van der Waals surface area contributed by atoms with Crippen LogP contribution in [0, 0.1) is 0 Å². The monoisotopic (exact) mass is 432 g/mol. The number of para-hydroxylation sites is 1. The van der Waals surface area contributed by atoms with Crippen LogP contribution in [-0.4, -0.2) is 20.8 Å². The van der Waals surface area contributed by atoms with Crippen LogP contribution in [0.25, 0.3) is 11.0 Å². The molecule has 0 fully saturated rings. The number of amidine groups is 1. The van der Waals surface area contributed by atoms with Crippen molar-refractivity contribution in [2.75, 3.05) is 10.3 Å². The smallest absolute Gasteiger partial charge is 0.162 e. The zero-order valence-electron chi connectivity index (χ0n) is 17.6. The van der Waals surface area contributed by atoms with Gasteiger partial charge in [0.1, 0.15) is 23.5 Å². The lowest BCUT2D eigenvalue weighted by Gasteiger charge is -2.25. The van der Waals surface area contributed by atoms with Gasteiger partial charge in [-0.15, -0.1) is 0 Å². The fraction of sp³-hybridized carbons (Fsp3) is 0.0385. The summed E-state index contributed by atoms with van der Waals surface area (Å²) >= 11 is 0. The predicted molar refractivity (Wildman–Crippen MR) is 130 cm³/mol. The van der Waals surface area contributed by atoms with E-state index in [0.717, 1.165) is 51.0 Å². The molecule has 0 unspecified atom stereocenters. The molecular weight excluding hydrogens is 412 g/mol. The molecule has 0 saturated carbocycles.